The van der Waals surface area contributed by atoms with Crippen molar-refractivity contribution in [2.75, 3.05) is 23.8 Å². The largest absolute Gasteiger partial charge is 0.372 e. The van der Waals surface area contributed by atoms with Gasteiger partial charge in [-0.1, -0.05) is 0 Å². The molecule has 94 valence electrons. The lowest BCUT2D eigenvalue weighted by Gasteiger charge is -2.34. The van der Waals surface area contributed by atoms with Crippen molar-refractivity contribution in [3.05, 3.63) is 34.3 Å². The lowest BCUT2D eigenvalue weighted by Crippen LogP contribution is -2.33. The summed E-state index contributed by atoms with van der Waals surface area (Å²) in [7, 11) is 1.87. The second-order valence-electron chi connectivity index (χ2n) is 4.43. The summed E-state index contributed by atoms with van der Waals surface area (Å²) < 4.78 is 0. The average molecular weight is 260 g/mol. The van der Waals surface area contributed by atoms with Crippen LogP contribution in [0.3, 0.4) is 0 Å². The zero-order valence-electron chi connectivity index (χ0n) is 10.6. The molecule has 4 nitrogen and oxygen atoms in total. The number of rotatable bonds is 2. The van der Waals surface area contributed by atoms with Crippen molar-refractivity contribution in [3.63, 3.8) is 0 Å². The van der Waals surface area contributed by atoms with Gasteiger partial charge in [0.25, 0.3) is 0 Å². The minimum Gasteiger partial charge on any atom is -0.372 e. The zero-order valence-corrected chi connectivity index (χ0v) is 11.4. The Morgan fingerprint density at radius 1 is 1.44 bits per heavy atom. The highest BCUT2D eigenvalue weighted by atomic mass is 32.1. The predicted molar refractivity (Wildman–Crippen MR) is 75.4 cm³/mol. The van der Waals surface area contributed by atoms with Crippen LogP contribution in [0.15, 0.2) is 23.8 Å². The van der Waals surface area contributed by atoms with Gasteiger partial charge in [-0.25, -0.2) is 4.98 Å². The molecule has 18 heavy (non-hydrogen) atoms. The van der Waals surface area contributed by atoms with E-state index in [2.05, 4.69) is 38.6 Å². The standard InChI is InChI=1S/C13H16N4S/c1-9-10-4-6-18-11(10)3-5-17(9)13-8-15-7-12(14-2)16-13/h4,6-9H,3,5H2,1-2H3,(H,14,16). The van der Waals surface area contributed by atoms with E-state index in [0.717, 1.165) is 24.6 Å². The normalized spacial score (nSPS) is 18.6. The molecule has 2 aromatic heterocycles. The molecule has 0 saturated heterocycles. The van der Waals surface area contributed by atoms with E-state index in [-0.39, 0.29) is 0 Å². The third kappa shape index (κ3) is 1.84. The number of nitrogens with zero attached hydrogens (tertiary/aromatic N) is 3. The van der Waals surface area contributed by atoms with Crippen molar-refractivity contribution in [1.82, 2.24) is 9.97 Å². The van der Waals surface area contributed by atoms with E-state index < -0.39 is 0 Å². The molecule has 5 heteroatoms. The molecule has 0 aliphatic carbocycles. The highest BCUT2D eigenvalue weighted by molar-refractivity contribution is 7.10. The summed E-state index contributed by atoms with van der Waals surface area (Å²) in [5.41, 5.74) is 1.43. The summed E-state index contributed by atoms with van der Waals surface area (Å²) >= 11 is 1.86. The van der Waals surface area contributed by atoms with Crippen LogP contribution in [0, 0.1) is 0 Å². The van der Waals surface area contributed by atoms with Gasteiger partial charge in [-0.15, -0.1) is 11.3 Å². The van der Waals surface area contributed by atoms with Crippen LogP contribution in [-0.2, 0) is 6.42 Å². The van der Waals surface area contributed by atoms with Crippen molar-refractivity contribution in [3.8, 4) is 0 Å². The molecule has 3 rings (SSSR count). The van der Waals surface area contributed by atoms with Crippen LogP contribution in [0.25, 0.3) is 0 Å². The smallest absolute Gasteiger partial charge is 0.150 e. The van der Waals surface area contributed by atoms with Crippen LogP contribution in [0.1, 0.15) is 23.4 Å². The maximum Gasteiger partial charge on any atom is 0.150 e. The zero-order chi connectivity index (χ0) is 12.5. The second-order valence-corrected chi connectivity index (χ2v) is 5.43. The van der Waals surface area contributed by atoms with E-state index in [9.17, 15) is 0 Å². The molecule has 0 saturated carbocycles. The van der Waals surface area contributed by atoms with Crippen LogP contribution in [-0.4, -0.2) is 23.6 Å². The van der Waals surface area contributed by atoms with Crippen molar-refractivity contribution in [2.45, 2.75) is 19.4 Å². The number of aromatic nitrogens is 2. The lowest BCUT2D eigenvalue weighted by molar-refractivity contribution is 0.624. The van der Waals surface area contributed by atoms with E-state index >= 15 is 0 Å². The molecule has 1 unspecified atom stereocenters. The van der Waals surface area contributed by atoms with E-state index in [0.29, 0.717) is 6.04 Å². The third-order valence-corrected chi connectivity index (χ3v) is 4.45. The topological polar surface area (TPSA) is 41.1 Å². The van der Waals surface area contributed by atoms with Crippen molar-refractivity contribution in [1.29, 1.82) is 0 Å². The Morgan fingerprint density at radius 2 is 2.33 bits per heavy atom. The highest BCUT2D eigenvalue weighted by Gasteiger charge is 2.25. The van der Waals surface area contributed by atoms with Gasteiger partial charge < -0.3 is 10.2 Å². The van der Waals surface area contributed by atoms with Gasteiger partial charge in [0.05, 0.1) is 18.4 Å². The Bertz CT molecular complexity index is 551. The summed E-state index contributed by atoms with van der Waals surface area (Å²) in [6, 6.07) is 2.60. The molecule has 1 aliphatic heterocycles. The van der Waals surface area contributed by atoms with Gasteiger partial charge in [-0.2, -0.15) is 0 Å². The molecule has 1 N–H and O–H groups in total. The first-order valence-corrected chi connectivity index (χ1v) is 7.00. The molecular weight excluding hydrogens is 244 g/mol. The lowest BCUT2D eigenvalue weighted by atomic mass is 10.0. The number of fused-ring (bicyclic) bond motifs is 1. The molecule has 3 heterocycles. The van der Waals surface area contributed by atoms with Crippen LogP contribution in [0.5, 0.6) is 0 Å². The maximum absolute atomic E-state index is 4.58. The fraction of sp³-hybridized carbons (Fsp3) is 0.385. The minimum absolute atomic E-state index is 0.376. The summed E-state index contributed by atoms with van der Waals surface area (Å²) in [5.74, 6) is 1.77. The molecule has 2 aromatic rings. The van der Waals surface area contributed by atoms with Crippen LogP contribution in [0.4, 0.5) is 11.6 Å². The first-order chi connectivity index (χ1) is 8.79. The third-order valence-electron chi connectivity index (χ3n) is 3.45. The molecule has 1 aliphatic rings. The van der Waals surface area contributed by atoms with Gasteiger partial charge in [0.1, 0.15) is 11.6 Å². The molecule has 0 aromatic carbocycles. The number of anilines is 2. The van der Waals surface area contributed by atoms with E-state index in [1.165, 1.54) is 10.4 Å². The van der Waals surface area contributed by atoms with Crippen molar-refractivity contribution in [2.24, 2.45) is 0 Å². The fourth-order valence-electron chi connectivity index (χ4n) is 2.44. The predicted octanol–water partition coefficient (Wildman–Crippen LogP) is 2.70. The quantitative estimate of drug-likeness (QED) is 0.901. The summed E-state index contributed by atoms with van der Waals surface area (Å²) in [6.07, 6.45) is 4.69. The van der Waals surface area contributed by atoms with Gasteiger partial charge >= 0.3 is 0 Å². The Balaban J connectivity index is 1.94. The van der Waals surface area contributed by atoms with Gasteiger partial charge in [0.15, 0.2) is 0 Å². The summed E-state index contributed by atoms with van der Waals surface area (Å²) in [5, 5.41) is 5.22. The van der Waals surface area contributed by atoms with E-state index in [1.807, 2.05) is 24.6 Å². The van der Waals surface area contributed by atoms with Crippen LogP contribution < -0.4 is 10.2 Å². The van der Waals surface area contributed by atoms with Gasteiger partial charge in [-0.3, -0.25) is 4.98 Å². The first-order valence-electron chi connectivity index (χ1n) is 6.12. The Kier molecular flexibility index (Phi) is 2.91. The molecule has 0 spiro atoms. The SMILES string of the molecule is CNc1cncc(N2CCc3sccc3C2C)n1. The number of hydrogen-bond acceptors (Lipinski definition) is 5. The molecule has 0 fully saturated rings. The van der Waals surface area contributed by atoms with Gasteiger partial charge in [-0.05, 0) is 30.4 Å². The van der Waals surface area contributed by atoms with Gasteiger partial charge in [0, 0.05) is 18.5 Å². The Labute approximate surface area is 111 Å². The number of hydrogen-bond donors (Lipinski definition) is 1. The highest BCUT2D eigenvalue weighted by Crippen LogP contribution is 2.35. The second kappa shape index (κ2) is 4.57. The fourth-order valence-corrected chi connectivity index (χ4v) is 3.40. The molecule has 0 amide bonds. The molecule has 1 atom stereocenters. The van der Waals surface area contributed by atoms with E-state index in [4.69, 9.17) is 0 Å². The molecule has 0 radical (unpaired) electrons. The molecular formula is C13H16N4S. The summed E-state index contributed by atoms with van der Waals surface area (Å²) in [4.78, 5) is 12.7. The van der Waals surface area contributed by atoms with Crippen LogP contribution >= 0.6 is 11.3 Å². The first kappa shape index (κ1) is 11.5. The Morgan fingerprint density at radius 3 is 3.17 bits per heavy atom. The monoisotopic (exact) mass is 260 g/mol. The van der Waals surface area contributed by atoms with Crippen LogP contribution in [0.2, 0.25) is 0 Å². The average Bonchev–Trinajstić information content (AvgIpc) is 2.88. The summed E-state index contributed by atoms with van der Waals surface area (Å²) in [6.45, 7) is 3.25. The van der Waals surface area contributed by atoms with E-state index in [1.54, 1.807) is 6.20 Å². The number of thiophene rings is 1. The molecule has 0 bridgehead atoms. The maximum atomic E-state index is 4.58. The minimum atomic E-state index is 0.376. The van der Waals surface area contributed by atoms with Crippen molar-refractivity contribution >= 4 is 23.0 Å². The van der Waals surface area contributed by atoms with Gasteiger partial charge in [0.2, 0.25) is 0 Å². The Hall–Kier alpha value is -1.62. The number of nitrogens with one attached hydrogen (secondary N) is 1. The van der Waals surface area contributed by atoms with Crippen molar-refractivity contribution < 1.29 is 0 Å².